The standard InChI is InChI=1S/C17H19ClN2O3/c1-11(2)15(20-16(21)14-8-5-9-23-14)17(22)19-10-12-6-3-4-7-13(12)18/h3-9,11,15H,10H2,1-2H3,(H,19,22)(H,20,21). The predicted octanol–water partition coefficient (Wildman–Crippen LogP) is 3.00. The molecule has 2 aromatic rings. The van der Waals surface area contributed by atoms with Crippen molar-refractivity contribution < 1.29 is 14.0 Å². The van der Waals surface area contributed by atoms with Gasteiger partial charge in [-0.1, -0.05) is 43.6 Å². The van der Waals surface area contributed by atoms with Crippen LogP contribution in [0.4, 0.5) is 0 Å². The van der Waals surface area contributed by atoms with Gasteiger partial charge in [-0.3, -0.25) is 9.59 Å². The number of amides is 2. The summed E-state index contributed by atoms with van der Waals surface area (Å²) in [6.45, 7) is 4.03. The Morgan fingerprint density at radius 3 is 2.52 bits per heavy atom. The van der Waals surface area contributed by atoms with Crippen LogP contribution in [0, 0.1) is 5.92 Å². The molecule has 1 aromatic heterocycles. The third kappa shape index (κ3) is 4.60. The summed E-state index contributed by atoms with van der Waals surface area (Å²) in [5.41, 5.74) is 0.822. The molecule has 122 valence electrons. The normalized spacial score (nSPS) is 12.0. The van der Waals surface area contributed by atoms with Crippen LogP contribution < -0.4 is 10.6 Å². The molecule has 0 fully saturated rings. The van der Waals surface area contributed by atoms with Crippen molar-refractivity contribution >= 4 is 23.4 Å². The minimum atomic E-state index is -0.657. The van der Waals surface area contributed by atoms with Gasteiger partial charge in [0.1, 0.15) is 6.04 Å². The highest BCUT2D eigenvalue weighted by molar-refractivity contribution is 6.31. The minimum absolute atomic E-state index is 0.0693. The number of benzene rings is 1. The number of hydrogen-bond donors (Lipinski definition) is 2. The zero-order valence-electron chi connectivity index (χ0n) is 13.0. The Labute approximate surface area is 140 Å². The molecule has 0 aliphatic carbocycles. The summed E-state index contributed by atoms with van der Waals surface area (Å²) in [4.78, 5) is 24.4. The third-order valence-electron chi connectivity index (χ3n) is 3.39. The van der Waals surface area contributed by atoms with E-state index in [0.717, 1.165) is 5.56 Å². The summed E-state index contributed by atoms with van der Waals surface area (Å²) in [5.74, 6) is -0.573. The molecule has 2 rings (SSSR count). The molecule has 1 aromatic carbocycles. The lowest BCUT2D eigenvalue weighted by atomic mass is 10.0. The molecular weight excluding hydrogens is 316 g/mol. The van der Waals surface area contributed by atoms with Crippen LogP contribution in [0.2, 0.25) is 5.02 Å². The fraction of sp³-hybridized carbons (Fsp3) is 0.294. The van der Waals surface area contributed by atoms with Crippen LogP contribution in [-0.2, 0) is 11.3 Å². The first kappa shape index (κ1) is 17.1. The number of halogens is 1. The van der Waals surface area contributed by atoms with Crippen molar-refractivity contribution in [3.05, 3.63) is 59.0 Å². The smallest absolute Gasteiger partial charge is 0.287 e. The predicted molar refractivity (Wildman–Crippen MR) is 88.1 cm³/mol. The van der Waals surface area contributed by atoms with Crippen LogP contribution >= 0.6 is 11.6 Å². The van der Waals surface area contributed by atoms with E-state index in [2.05, 4.69) is 10.6 Å². The lowest BCUT2D eigenvalue weighted by molar-refractivity contribution is -0.124. The van der Waals surface area contributed by atoms with E-state index in [1.54, 1.807) is 18.2 Å². The van der Waals surface area contributed by atoms with Gasteiger partial charge in [0.15, 0.2) is 5.76 Å². The van der Waals surface area contributed by atoms with Gasteiger partial charge in [-0.05, 0) is 29.7 Å². The summed E-state index contributed by atoms with van der Waals surface area (Å²) in [6.07, 6.45) is 1.41. The van der Waals surface area contributed by atoms with E-state index >= 15 is 0 Å². The SMILES string of the molecule is CC(C)C(NC(=O)c1ccco1)C(=O)NCc1ccccc1Cl. The number of nitrogens with one attached hydrogen (secondary N) is 2. The second-order valence-electron chi connectivity index (χ2n) is 5.48. The maximum atomic E-state index is 12.4. The van der Waals surface area contributed by atoms with Gasteiger partial charge in [0.05, 0.1) is 6.26 Å². The first-order valence-corrected chi connectivity index (χ1v) is 7.72. The molecule has 6 heteroatoms. The first-order chi connectivity index (χ1) is 11.0. The highest BCUT2D eigenvalue weighted by Gasteiger charge is 2.25. The van der Waals surface area contributed by atoms with Crippen LogP contribution in [-0.4, -0.2) is 17.9 Å². The summed E-state index contributed by atoms with van der Waals surface area (Å²) < 4.78 is 5.04. The summed E-state index contributed by atoms with van der Waals surface area (Å²) in [6, 6.07) is 9.80. The number of hydrogen-bond acceptors (Lipinski definition) is 3. The van der Waals surface area contributed by atoms with Gasteiger partial charge in [-0.25, -0.2) is 0 Å². The first-order valence-electron chi connectivity index (χ1n) is 7.34. The molecule has 23 heavy (non-hydrogen) atoms. The van der Waals surface area contributed by atoms with Crippen molar-refractivity contribution in [1.82, 2.24) is 10.6 Å². The average Bonchev–Trinajstić information content (AvgIpc) is 3.05. The Bertz CT molecular complexity index is 668. The molecule has 0 saturated heterocycles. The molecule has 0 spiro atoms. The number of furan rings is 1. The fourth-order valence-electron chi connectivity index (χ4n) is 2.09. The van der Waals surface area contributed by atoms with E-state index in [-0.39, 0.29) is 17.6 Å². The Morgan fingerprint density at radius 2 is 1.91 bits per heavy atom. The second-order valence-corrected chi connectivity index (χ2v) is 5.89. The van der Waals surface area contributed by atoms with Gasteiger partial charge in [0.2, 0.25) is 5.91 Å². The monoisotopic (exact) mass is 334 g/mol. The van der Waals surface area contributed by atoms with Crippen LogP contribution in [0.15, 0.2) is 47.1 Å². The molecule has 0 aliphatic heterocycles. The largest absolute Gasteiger partial charge is 0.459 e. The highest BCUT2D eigenvalue weighted by Crippen LogP contribution is 2.14. The zero-order chi connectivity index (χ0) is 16.8. The zero-order valence-corrected chi connectivity index (χ0v) is 13.8. The molecule has 2 N–H and O–H groups in total. The lowest BCUT2D eigenvalue weighted by Crippen LogP contribution is -2.49. The quantitative estimate of drug-likeness (QED) is 0.853. The molecule has 0 saturated carbocycles. The lowest BCUT2D eigenvalue weighted by Gasteiger charge is -2.21. The molecular formula is C17H19ClN2O3. The van der Waals surface area contributed by atoms with E-state index in [4.69, 9.17) is 16.0 Å². The van der Waals surface area contributed by atoms with Gasteiger partial charge < -0.3 is 15.1 Å². The van der Waals surface area contributed by atoms with Crippen LogP contribution in [0.25, 0.3) is 0 Å². The summed E-state index contributed by atoms with van der Waals surface area (Å²) >= 11 is 6.07. The number of rotatable bonds is 6. The van der Waals surface area contributed by atoms with Crippen molar-refractivity contribution in [2.45, 2.75) is 26.4 Å². The van der Waals surface area contributed by atoms with E-state index in [0.29, 0.717) is 11.6 Å². The average molecular weight is 335 g/mol. The Balaban J connectivity index is 1.98. The topological polar surface area (TPSA) is 71.3 Å². The molecule has 0 aliphatic rings. The van der Waals surface area contributed by atoms with Gasteiger partial charge >= 0.3 is 0 Å². The third-order valence-corrected chi connectivity index (χ3v) is 3.76. The van der Waals surface area contributed by atoms with E-state index in [1.807, 2.05) is 32.0 Å². The van der Waals surface area contributed by atoms with Gasteiger partial charge in [-0.2, -0.15) is 0 Å². The maximum absolute atomic E-state index is 12.4. The number of carbonyl (C=O) groups excluding carboxylic acids is 2. The maximum Gasteiger partial charge on any atom is 0.287 e. The van der Waals surface area contributed by atoms with E-state index < -0.39 is 11.9 Å². The molecule has 0 radical (unpaired) electrons. The Kier molecular flexibility index (Phi) is 5.82. The molecule has 1 atom stereocenters. The molecule has 5 nitrogen and oxygen atoms in total. The molecule has 0 bridgehead atoms. The Hall–Kier alpha value is -2.27. The van der Waals surface area contributed by atoms with Gasteiger partial charge in [0, 0.05) is 11.6 Å². The molecule has 1 heterocycles. The van der Waals surface area contributed by atoms with Crippen molar-refractivity contribution in [2.75, 3.05) is 0 Å². The fourth-order valence-corrected chi connectivity index (χ4v) is 2.29. The van der Waals surface area contributed by atoms with Crippen LogP contribution in [0.3, 0.4) is 0 Å². The highest BCUT2D eigenvalue weighted by atomic mass is 35.5. The van der Waals surface area contributed by atoms with Crippen LogP contribution in [0.1, 0.15) is 30.0 Å². The summed E-state index contributed by atoms with van der Waals surface area (Å²) in [5, 5.41) is 6.09. The van der Waals surface area contributed by atoms with Crippen LogP contribution in [0.5, 0.6) is 0 Å². The van der Waals surface area contributed by atoms with E-state index in [1.165, 1.54) is 6.26 Å². The summed E-state index contributed by atoms with van der Waals surface area (Å²) in [7, 11) is 0. The van der Waals surface area contributed by atoms with Gasteiger partial charge in [0.25, 0.3) is 5.91 Å². The Morgan fingerprint density at radius 1 is 1.17 bits per heavy atom. The van der Waals surface area contributed by atoms with Crippen molar-refractivity contribution in [3.8, 4) is 0 Å². The number of carbonyl (C=O) groups is 2. The minimum Gasteiger partial charge on any atom is -0.459 e. The second kappa shape index (κ2) is 7.83. The molecule has 1 unspecified atom stereocenters. The molecule has 2 amide bonds. The van der Waals surface area contributed by atoms with Crippen molar-refractivity contribution in [1.29, 1.82) is 0 Å². The van der Waals surface area contributed by atoms with E-state index in [9.17, 15) is 9.59 Å². The van der Waals surface area contributed by atoms with Gasteiger partial charge in [-0.15, -0.1) is 0 Å². The van der Waals surface area contributed by atoms with Crippen molar-refractivity contribution in [2.24, 2.45) is 5.92 Å². The van der Waals surface area contributed by atoms with Crippen molar-refractivity contribution in [3.63, 3.8) is 0 Å².